The van der Waals surface area contributed by atoms with Gasteiger partial charge in [-0.1, -0.05) is 115 Å². The number of nitrogens with zero attached hydrogens (tertiary/aromatic N) is 4. The van der Waals surface area contributed by atoms with Crippen molar-refractivity contribution < 1.29 is 26.3 Å². The molecule has 0 unspecified atom stereocenters. The topological polar surface area (TPSA) is 54.5 Å². The quantitative estimate of drug-likeness (QED) is 0.158. The third-order valence-electron chi connectivity index (χ3n) is 10.3. The summed E-state index contributed by atoms with van der Waals surface area (Å²) in [7, 11) is 0. The normalized spacial score (nSPS) is 11.9. The van der Waals surface area contributed by atoms with Gasteiger partial charge in [-0.3, -0.25) is 0 Å². The molecule has 0 fully saturated rings. The van der Waals surface area contributed by atoms with Gasteiger partial charge in [0, 0.05) is 38.6 Å². The zero-order valence-corrected chi connectivity index (χ0v) is 30.7. The predicted molar refractivity (Wildman–Crippen MR) is 218 cm³/mol. The Kier molecular flexibility index (Phi) is 9.09. The molecule has 0 amide bonds. The van der Waals surface area contributed by atoms with Crippen molar-refractivity contribution in [3.05, 3.63) is 187 Å². The van der Waals surface area contributed by atoms with E-state index in [0.717, 1.165) is 23.3 Å². The summed E-state index contributed by atoms with van der Waals surface area (Å²) in [5.74, 6) is 0.0918. The molecule has 2 aromatic heterocycles. The van der Waals surface area contributed by atoms with Crippen LogP contribution in [0.1, 0.15) is 16.7 Å². The highest BCUT2D eigenvalue weighted by Crippen LogP contribution is 2.49. The van der Waals surface area contributed by atoms with Gasteiger partial charge < -0.3 is 4.57 Å². The SMILES string of the molecule is N#Cc1ccc2c(c1)c1ccccc1n2-c1c(-c2ccccc2C(F)(F)F)cc(-c2nc(-c3ccccc3)cc(-c3ccccc3)n2)cc1-c1ccccc1C(F)(F)F. The van der Waals surface area contributed by atoms with Gasteiger partial charge in [0.2, 0.25) is 0 Å². The summed E-state index contributed by atoms with van der Waals surface area (Å²) in [6.07, 6.45) is -9.69. The van der Waals surface area contributed by atoms with Crippen molar-refractivity contribution in [3.8, 4) is 67.9 Å². The number of hydrogen-bond acceptors (Lipinski definition) is 3. The Bertz CT molecular complexity index is 2950. The second-order valence-electron chi connectivity index (χ2n) is 13.9. The van der Waals surface area contributed by atoms with Gasteiger partial charge in [-0.15, -0.1) is 0 Å². The number of hydrogen-bond donors (Lipinski definition) is 0. The van der Waals surface area contributed by atoms with Gasteiger partial charge in [0.15, 0.2) is 5.82 Å². The molecule has 0 aliphatic heterocycles. The minimum absolute atomic E-state index is 0.00982. The number of rotatable bonds is 6. The molecule has 0 saturated carbocycles. The highest BCUT2D eigenvalue weighted by atomic mass is 19.4. The van der Waals surface area contributed by atoms with Gasteiger partial charge in [0.1, 0.15) is 0 Å². The molecule has 7 aromatic carbocycles. The lowest BCUT2D eigenvalue weighted by molar-refractivity contribution is -0.137. The number of aromatic nitrogens is 3. The van der Waals surface area contributed by atoms with Crippen molar-refractivity contribution in [1.29, 1.82) is 5.26 Å². The summed E-state index contributed by atoms with van der Waals surface area (Å²) in [6.45, 7) is 0. The Labute approximate surface area is 333 Å². The highest BCUT2D eigenvalue weighted by molar-refractivity contribution is 6.11. The van der Waals surface area contributed by atoms with Gasteiger partial charge >= 0.3 is 12.4 Å². The maximum absolute atomic E-state index is 15.1. The average Bonchev–Trinajstić information content (AvgIpc) is 3.59. The molecule has 4 nitrogen and oxygen atoms in total. The molecule has 9 aromatic rings. The van der Waals surface area contributed by atoms with Crippen molar-refractivity contribution in [3.63, 3.8) is 0 Å². The Balaban J connectivity index is 1.49. The third-order valence-corrected chi connectivity index (χ3v) is 10.3. The zero-order valence-electron chi connectivity index (χ0n) is 30.7. The number of fused-ring (bicyclic) bond motifs is 3. The van der Waals surface area contributed by atoms with Crippen molar-refractivity contribution in [1.82, 2.24) is 14.5 Å². The van der Waals surface area contributed by atoms with Crippen LogP contribution in [0.2, 0.25) is 0 Å². The molecule has 59 heavy (non-hydrogen) atoms. The average molecular weight is 787 g/mol. The molecule has 0 spiro atoms. The molecule has 0 atom stereocenters. The molecule has 0 aliphatic rings. The van der Waals surface area contributed by atoms with E-state index in [0.29, 0.717) is 38.8 Å². The van der Waals surface area contributed by atoms with Crippen LogP contribution in [-0.2, 0) is 12.4 Å². The van der Waals surface area contributed by atoms with E-state index in [2.05, 4.69) is 6.07 Å². The van der Waals surface area contributed by atoms with E-state index in [1.54, 1.807) is 47.0 Å². The fraction of sp³-hybridized carbons (Fsp3) is 0.0408. The zero-order chi connectivity index (χ0) is 40.9. The Morgan fingerprint density at radius 3 is 1.44 bits per heavy atom. The van der Waals surface area contributed by atoms with Crippen LogP contribution in [0.5, 0.6) is 0 Å². The van der Waals surface area contributed by atoms with Crippen molar-refractivity contribution in [2.45, 2.75) is 12.4 Å². The lowest BCUT2D eigenvalue weighted by atomic mass is 9.88. The molecule has 0 radical (unpaired) electrons. The first-order valence-electron chi connectivity index (χ1n) is 18.4. The highest BCUT2D eigenvalue weighted by Gasteiger charge is 2.37. The van der Waals surface area contributed by atoms with Crippen LogP contribution < -0.4 is 0 Å². The predicted octanol–water partition coefficient (Wildman–Crippen LogP) is 13.8. The number of halogens is 6. The summed E-state index contributed by atoms with van der Waals surface area (Å²) < 4.78 is 92.5. The van der Waals surface area contributed by atoms with Gasteiger partial charge in [-0.05, 0) is 65.7 Å². The monoisotopic (exact) mass is 786 g/mol. The molecular weight excluding hydrogens is 759 g/mol. The van der Waals surface area contributed by atoms with E-state index in [1.807, 2.05) is 66.7 Å². The molecule has 0 bridgehead atoms. The van der Waals surface area contributed by atoms with Crippen molar-refractivity contribution in [2.24, 2.45) is 0 Å². The fourth-order valence-electron chi connectivity index (χ4n) is 7.72. The van der Waals surface area contributed by atoms with Crippen LogP contribution in [0.15, 0.2) is 170 Å². The summed E-state index contributed by atoms with van der Waals surface area (Å²) >= 11 is 0. The van der Waals surface area contributed by atoms with Crippen LogP contribution in [0, 0.1) is 11.3 Å². The van der Waals surface area contributed by atoms with Gasteiger partial charge in [0.25, 0.3) is 0 Å². The second kappa shape index (κ2) is 14.5. The van der Waals surface area contributed by atoms with Crippen LogP contribution in [0.25, 0.3) is 83.6 Å². The molecule has 286 valence electrons. The second-order valence-corrected chi connectivity index (χ2v) is 13.9. The van der Waals surface area contributed by atoms with Gasteiger partial charge in [0.05, 0.1) is 50.9 Å². The van der Waals surface area contributed by atoms with E-state index < -0.39 is 23.5 Å². The first-order chi connectivity index (χ1) is 28.5. The maximum Gasteiger partial charge on any atom is 0.417 e. The standard InChI is InChI=1S/C49H28F6N4/c50-48(51,52)40-20-10-7-17-34(40)38-26-33(47-57-42(31-13-3-1-4-14-31)28-43(58-47)32-15-5-2-6-16-32)27-39(35-18-8-11-21-41(35)49(53,54)55)46(38)59-44-22-12-9-19-36(44)37-25-30(29-56)23-24-45(37)59/h1-28H. The van der Waals surface area contributed by atoms with Crippen molar-refractivity contribution >= 4 is 21.8 Å². The molecule has 2 heterocycles. The van der Waals surface area contributed by atoms with Gasteiger partial charge in [-0.25, -0.2) is 9.97 Å². The number of para-hydroxylation sites is 1. The number of alkyl halides is 6. The minimum atomic E-state index is -4.85. The first-order valence-corrected chi connectivity index (χ1v) is 18.4. The molecule has 0 N–H and O–H groups in total. The number of benzene rings is 7. The largest absolute Gasteiger partial charge is 0.417 e. The van der Waals surface area contributed by atoms with Crippen LogP contribution in [0.4, 0.5) is 26.3 Å². The summed E-state index contributed by atoms with van der Waals surface area (Å²) in [4.78, 5) is 9.86. The third kappa shape index (κ3) is 6.76. The number of nitriles is 1. The van der Waals surface area contributed by atoms with E-state index in [4.69, 9.17) is 9.97 Å². The Morgan fingerprint density at radius 1 is 0.441 bits per heavy atom. The van der Waals surface area contributed by atoms with E-state index in [1.165, 1.54) is 48.5 Å². The Morgan fingerprint density at radius 2 is 0.915 bits per heavy atom. The van der Waals surface area contributed by atoms with Crippen LogP contribution in [0.3, 0.4) is 0 Å². The lowest BCUT2D eigenvalue weighted by Crippen LogP contribution is -2.11. The summed E-state index contributed by atoms with van der Waals surface area (Å²) in [5.41, 5.74) is 1.56. The molecule has 0 aliphatic carbocycles. The molecule has 0 saturated heterocycles. The van der Waals surface area contributed by atoms with E-state index in [-0.39, 0.29) is 39.3 Å². The van der Waals surface area contributed by atoms with E-state index >= 15 is 26.3 Å². The van der Waals surface area contributed by atoms with E-state index in [9.17, 15) is 5.26 Å². The fourth-order valence-corrected chi connectivity index (χ4v) is 7.72. The summed E-state index contributed by atoms with van der Waals surface area (Å²) in [6, 6.07) is 47.6. The Hall–Kier alpha value is -7.51. The molecule has 10 heteroatoms. The van der Waals surface area contributed by atoms with Crippen molar-refractivity contribution in [2.75, 3.05) is 0 Å². The summed E-state index contributed by atoms with van der Waals surface area (Å²) in [5, 5.41) is 11.1. The minimum Gasteiger partial charge on any atom is -0.308 e. The molecular formula is C49H28F6N4. The molecule has 9 rings (SSSR count). The smallest absolute Gasteiger partial charge is 0.308 e. The van der Waals surface area contributed by atoms with Gasteiger partial charge in [-0.2, -0.15) is 31.6 Å². The maximum atomic E-state index is 15.1. The van der Waals surface area contributed by atoms with Crippen LogP contribution >= 0.6 is 0 Å². The first kappa shape index (κ1) is 37.1. The lowest BCUT2D eigenvalue weighted by Gasteiger charge is -2.24. The van der Waals surface area contributed by atoms with Crippen LogP contribution in [-0.4, -0.2) is 14.5 Å².